The first kappa shape index (κ1) is 24.2. The molecule has 35 heavy (non-hydrogen) atoms. The first-order chi connectivity index (χ1) is 16.2. The molecule has 0 aliphatic heterocycles. The van der Waals surface area contributed by atoms with Crippen LogP contribution in [0, 0.1) is 11.8 Å². The van der Waals surface area contributed by atoms with Crippen molar-refractivity contribution in [3.05, 3.63) is 77.4 Å². The highest BCUT2D eigenvalue weighted by Gasteiger charge is 2.36. The lowest BCUT2D eigenvalue weighted by molar-refractivity contribution is -0.142. The minimum Gasteiger partial charge on any atom is -0.282 e. The highest BCUT2D eigenvalue weighted by atomic mass is 32.2. The minimum atomic E-state index is -4.88. The molecule has 0 saturated heterocycles. The lowest BCUT2D eigenvalue weighted by Crippen LogP contribution is -2.13. The van der Waals surface area contributed by atoms with Crippen molar-refractivity contribution in [2.24, 2.45) is 0 Å². The van der Waals surface area contributed by atoms with Gasteiger partial charge in [-0.1, -0.05) is 24.0 Å². The number of halogens is 6. The van der Waals surface area contributed by atoms with Crippen LogP contribution in [0.2, 0.25) is 0 Å². The Hall–Kier alpha value is -3.96. The Bertz CT molecular complexity index is 1600. The van der Waals surface area contributed by atoms with E-state index in [0.29, 0.717) is 10.6 Å². The van der Waals surface area contributed by atoms with E-state index in [9.17, 15) is 34.8 Å². The molecule has 0 radical (unpaired) electrons. The van der Waals surface area contributed by atoms with Crippen molar-refractivity contribution >= 4 is 15.8 Å². The van der Waals surface area contributed by atoms with Gasteiger partial charge >= 0.3 is 12.4 Å². The van der Waals surface area contributed by atoms with E-state index in [1.54, 1.807) is 0 Å². The fourth-order valence-corrected chi connectivity index (χ4v) is 3.47. The average molecular weight is 512 g/mol. The summed E-state index contributed by atoms with van der Waals surface area (Å²) in [4.78, 5) is 7.20. The van der Waals surface area contributed by atoms with Gasteiger partial charge in [-0.05, 0) is 24.3 Å². The molecule has 1 aromatic carbocycles. The minimum absolute atomic E-state index is 0.00355. The predicted molar refractivity (Wildman–Crippen MR) is 108 cm³/mol. The quantitative estimate of drug-likeness (QED) is 0.242. The van der Waals surface area contributed by atoms with Crippen molar-refractivity contribution in [1.29, 1.82) is 0 Å². The normalized spacial score (nSPS) is 12.4. The van der Waals surface area contributed by atoms with Crippen molar-refractivity contribution in [2.45, 2.75) is 17.2 Å². The first-order valence-corrected chi connectivity index (χ1v) is 10.8. The van der Waals surface area contributed by atoms with Gasteiger partial charge in [0.1, 0.15) is 4.90 Å². The second-order valence-electron chi connectivity index (χ2n) is 7.03. The maximum atomic E-state index is 13.7. The van der Waals surface area contributed by atoms with E-state index in [4.69, 9.17) is 4.55 Å². The molecule has 4 rings (SSSR count). The van der Waals surface area contributed by atoms with E-state index < -0.39 is 38.6 Å². The number of fused-ring (bicyclic) bond motifs is 1. The van der Waals surface area contributed by atoms with Crippen LogP contribution in [0.25, 0.3) is 16.9 Å². The number of hydrogen-bond donors (Lipinski definition) is 1. The van der Waals surface area contributed by atoms with Gasteiger partial charge in [0.25, 0.3) is 10.1 Å². The van der Waals surface area contributed by atoms with Crippen LogP contribution in [0.1, 0.15) is 22.4 Å². The molecule has 0 fully saturated rings. The molecule has 0 amide bonds. The van der Waals surface area contributed by atoms with Crippen LogP contribution in [0.15, 0.2) is 59.9 Å². The standard InChI is InChI=1S/C21H10F6N4O3S/c22-20(23,24)15-5-3-13(4-6-15)17-8-18(21(25,26)27)31-19(30-17)14(10-29-31)2-1-12-7-16(11-28-9-12)35(32,33)34/h3-11H,(H,32,33,34). The molecule has 0 aliphatic carbocycles. The molecular weight excluding hydrogens is 502 g/mol. The van der Waals surface area contributed by atoms with Gasteiger partial charge in [0, 0.05) is 23.5 Å². The molecule has 0 aliphatic rings. The van der Waals surface area contributed by atoms with Gasteiger partial charge in [0.2, 0.25) is 0 Å². The van der Waals surface area contributed by atoms with Crippen molar-refractivity contribution in [2.75, 3.05) is 0 Å². The fourth-order valence-electron chi connectivity index (χ4n) is 3.00. The summed E-state index contributed by atoms with van der Waals surface area (Å²) in [6, 6.07) is 5.09. The van der Waals surface area contributed by atoms with E-state index in [1.165, 1.54) is 0 Å². The molecule has 0 atom stereocenters. The average Bonchev–Trinajstić information content (AvgIpc) is 3.18. The van der Waals surface area contributed by atoms with Crippen LogP contribution < -0.4 is 0 Å². The van der Waals surface area contributed by atoms with Crippen LogP contribution >= 0.6 is 0 Å². The number of benzene rings is 1. The van der Waals surface area contributed by atoms with E-state index in [1.807, 2.05) is 0 Å². The molecule has 3 aromatic heterocycles. The summed E-state index contributed by atoms with van der Waals surface area (Å²) in [6.45, 7) is 0. The Labute approximate surface area is 192 Å². The van der Waals surface area contributed by atoms with Crippen molar-refractivity contribution in [3.8, 4) is 23.1 Å². The van der Waals surface area contributed by atoms with Gasteiger partial charge in [0.05, 0.1) is 23.0 Å². The number of alkyl halides is 6. The second kappa shape index (κ2) is 8.36. The third-order valence-corrected chi connectivity index (χ3v) is 5.44. The Morgan fingerprint density at radius 2 is 1.57 bits per heavy atom. The third-order valence-electron chi connectivity index (χ3n) is 4.62. The van der Waals surface area contributed by atoms with Gasteiger partial charge in [-0.3, -0.25) is 9.54 Å². The zero-order chi connectivity index (χ0) is 25.6. The maximum Gasteiger partial charge on any atom is 0.433 e. The summed E-state index contributed by atoms with van der Waals surface area (Å²) in [5.41, 5.74) is -2.87. The van der Waals surface area contributed by atoms with Crippen molar-refractivity contribution in [3.63, 3.8) is 0 Å². The number of hydrogen-bond acceptors (Lipinski definition) is 5. The van der Waals surface area contributed by atoms with Gasteiger partial charge in [-0.2, -0.15) is 39.9 Å². The highest BCUT2D eigenvalue weighted by molar-refractivity contribution is 7.85. The highest BCUT2D eigenvalue weighted by Crippen LogP contribution is 2.34. The molecule has 14 heteroatoms. The van der Waals surface area contributed by atoms with Crippen molar-refractivity contribution in [1.82, 2.24) is 19.6 Å². The van der Waals surface area contributed by atoms with E-state index >= 15 is 0 Å². The lowest BCUT2D eigenvalue weighted by atomic mass is 10.1. The number of rotatable bonds is 2. The van der Waals surface area contributed by atoms with Crippen LogP contribution in [0.5, 0.6) is 0 Å². The van der Waals surface area contributed by atoms with Gasteiger partial charge in [-0.15, -0.1) is 0 Å². The number of aromatic nitrogens is 4. The largest absolute Gasteiger partial charge is 0.433 e. The molecular formula is C21H10F6N4O3S. The second-order valence-corrected chi connectivity index (χ2v) is 8.45. The summed E-state index contributed by atoms with van der Waals surface area (Å²) >= 11 is 0. The molecule has 3 heterocycles. The predicted octanol–water partition coefficient (Wildman–Crippen LogP) is 4.48. The molecule has 0 saturated carbocycles. The monoisotopic (exact) mass is 512 g/mol. The Kier molecular flexibility index (Phi) is 5.78. The summed E-state index contributed by atoms with van der Waals surface area (Å²) in [5.74, 6) is 5.03. The van der Waals surface area contributed by atoms with Crippen LogP contribution in [0.3, 0.4) is 0 Å². The zero-order valence-corrected chi connectivity index (χ0v) is 17.7. The molecule has 4 aromatic rings. The van der Waals surface area contributed by atoms with E-state index in [2.05, 4.69) is 26.9 Å². The summed E-state index contributed by atoms with van der Waals surface area (Å²) < 4.78 is 112. The topological polar surface area (TPSA) is 97.5 Å². The lowest BCUT2D eigenvalue weighted by Gasteiger charge is -2.12. The third kappa shape index (κ3) is 5.10. The zero-order valence-electron chi connectivity index (χ0n) is 16.9. The maximum absolute atomic E-state index is 13.7. The number of nitrogens with zero attached hydrogens (tertiary/aromatic N) is 4. The van der Waals surface area contributed by atoms with Gasteiger partial charge < -0.3 is 0 Å². The van der Waals surface area contributed by atoms with Gasteiger partial charge in [-0.25, -0.2) is 9.50 Å². The molecule has 0 unspecified atom stereocenters. The van der Waals surface area contributed by atoms with Crippen LogP contribution in [0.4, 0.5) is 26.3 Å². The van der Waals surface area contributed by atoms with Crippen molar-refractivity contribution < 1.29 is 39.3 Å². The summed E-state index contributed by atoms with van der Waals surface area (Å²) in [7, 11) is -4.56. The molecule has 180 valence electrons. The molecule has 0 bridgehead atoms. The Morgan fingerprint density at radius 1 is 0.886 bits per heavy atom. The smallest absolute Gasteiger partial charge is 0.282 e. The van der Waals surface area contributed by atoms with E-state index in [-0.39, 0.29) is 28.0 Å². The number of pyridine rings is 1. The fraction of sp³-hybridized carbons (Fsp3) is 0.0952. The Morgan fingerprint density at radius 3 is 2.17 bits per heavy atom. The van der Waals surface area contributed by atoms with Gasteiger partial charge in [0.15, 0.2) is 11.3 Å². The molecule has 1 N–H and O–H groups in total. The van der Waals surface area contributed by atoms with E-state index in [0.717, 1.165) is 48.9 Å². The summed E-state index contributed by atoms with van der Waals surface area (Å²) in [6.07, 6.45) is -6.46. The molecule has 0 spiro atoms. The van der Waals surface area contributed by atoms with Crippen LogP contribution in [-0.4, -0.2) is 32.6 Å². The SMILES string of the molecule is O=S(=O)(O)c1cncc(C#Cc2cnn3c(C(F)(F)F)cc(-c4ccc(C(F)(F)F)cc4)nc23)c1. The van der Waals surface area contributed by atoms with Crippen LogP contribution in [-0.2, 0) is 22.5 Å². The first-order valence-electron chi connectivity index (χ1n) is 9.32. The molecule has 7 nitrogen and oxygen atoms in total. The Balaban J connectivity index is 1.84. The summed E-state index contributed by atoms with van der Waals surface area (Å²) in [5, 5.41) is 3.67.